The molecule has 0 radical (unpaired) electrons. The van der Waals surface area contributed by atoms with Gasteiger partial charge in [-0.15, -0.1) is 0 Å². The van der Waals surface area contributed by atoms with Gasteiger partial charge in [-0.1, -0.05) is 12.1 Å². The van der Waals surface area contributed by atoms with Crippen molar-refractivity contribution in [3.05, 3.63) is 35.6 Å². The average Bonchev–Trinajstić information content (AvgIpc) is 2.70. The summed E-state index contributed by atoms with van der Waals surface area (Å²) in [5.74, 6) is -0.204. The summed E-state index contributed by atoms with van der Waals surface area (Å²) in [6.07, 6.45) is 2.52. The van der Waals surface area contributed by atoms with Gasteiger partial charge in [-0.3, -0.25) is 0 Å². The summed E-state index contributed by atoms with van der Waals surface area (Å²) in [5, 5.41) is 0. The van der Waals surface area contributed by atoms with Crippen LogP contribution in [0.5, 0.6) is 0 Å². The average molecular weight is 208 g/mol. The Hall–Kier alpha value is -0.930. The van der Waals surface area contributed by atoms with E-state index in [2.05, 4.69) is 4.90 Å². The molecule has 1 fully saturated rings. The molecule has 0 aliphatic carbocycles. The van der Waals surface area contributed by atoms with Gasteiger partial charge in [-0.25, -0.2) is 4.39 Å². The molecule has 0 unspecified atom stereocenters. The smallest absolute Gasteiger partial charge is 0.123 e. The third-order valence-corrected chi connectivity index (χ3v) is 2.93. The van der Waals surface area contributed by atoms with Crippen molar-refractivity contribution in [3.63, 3.8) is 0 Å². The van der Waals surface area contributed by atoms with E-state index in [1.807, 2.05) is 6.07 Å². The Balaban J connectivity index is 1.97. The van der Waals surface area contributed by atoms with Crippen LogP contribution in [0.25, 0.3) is 0 Å². The zero-order valence-electron chi connectivity index (χ0n) is 8.82. The lowest BCUT2D eigenvalue weighted by Gasteiger charge is -2.20. The fraction of sp³-hybridized carbons (Fsp3) is 0.500. The second-order valence-corrected chi connectivity index (χ2v) is 4.17. The summed E-state index contributed by atoms with van der Waals surface area (Å²) in [6, 6.07) is 6.52. The number of rotatable bonds is 3. The van der Waals surface area contributed by atoms with Gasteiger partial charge < -0.3 is 10.6 Å². The molecule has 82 valence electrons. The van der Waals surface area contributed by atoms with Crippen molar-refractivity contribution in [1.82, 2.24) is 4.90 Å². The van der Waals surface area contributed by atoms with E-state index in [0.29, 0.717) is 0 Å². The fourth-order valence-electron chi connectivity index (χ4n) is 2.09. The van der Waals surface area contributed by atoms with Crippen molar-refractivity contribution < 1.29 is 4.39 Å². The quantitative estimate of drug-likeness (QED) is 0.822. The molecule has 1 heterocycles. The highest BCUT2D eigenvalue weighted by Crippen LogP contribution is 2.16. The lowest BCUT2D eigenvalue weighted by atomic mass is 10.1. The van der Waals surface area contributed by atoms with Crippen molar-refractivity contribution in [1.29, 1.82) is 0 Å². The van der Waals surface area contributed by atoms with Crippen molar-refractivity contribution in [3.8, 4) is 0 Å². The summed E-state index contributed by atoms with van der Waals surface area (Å²) in [6.45, 7) is 3.09. The minimum absolute atomic E-state index is 0.0706. The van der Waals surface area contributed by atoms with Crippen LogP contribution >= 0.6 is 0 Å². The summed E-state index contributed by atoms with van der Waals surface area (Å²) >= 11 is 0. The largest absolute Gasteiger partial charge is 0.323 e. The summed E-state index contributed by atoms with van der Waals surface area (Å²) in [5.41, 5.74) is 6.93. The zero-order valence-corrected chi connectivity index (χ0v) is 8.82. The highest BCUT2D eigenvalue weighted by molar-refractivity contribution is 5.20. The molecule has 0 amide bonds. The van der Waals surface area contributed by atoms with Crippen molar-refractivity contribution in [2.24, 2.45) is 5.73 Å². The molecule has 1 aromatic carbocycles. The first kappa shape index (κ1) is 10.6. The Kier molecular flexibility index (Phi) is 3.34. The van der Waals surface area contributed by atoms with E-state index in [0.717, 1.165) is 25.2 Å². The highest BCUT2D eigenvalue weighted by atomic mass is 19.1. The maximum absolute atomic E-state index is 13.0. The number of benzene rings is 1. The Morgan fingerprint density at radius 3 is 2.73 bits per heavy atom. The molecule has 15 heavy (non-hydrogen) atoms. The third-order valence-electron chi connectivity index (χ3n) is 2.93. The minimum Gasteiger partial charge on any atom is -0.323 e. The van der Waals surface area contributed by atoms with Crippen molar-refractivity contribution in [2.45, 2.75) is 18.9 Å². The lowest BCUT2D eigenvalue weighted by Crippen LogP contribution is -2.29. The maximum Gasteiger partial charge on any atom is 0.123 e. The second kappa shape index (κ2) is 4.73. The van der Waals surface area contributed by atoms with Crippen molar-refractivity contribution in [2.75, 3.05) is 19.6 Å². The molecule has 0 saturated carbocycles. The van der Waals surface area contributed by atoms with Gasteiger partial charge in [-0.05, 0) is 43.6 Å². The van der Waals surface area contributed by atoms with Crippen LogP contribution in [0.4, 0.5) is 4.39 Å². The number of nitrogens with zero attached hydrogens (tertiary/aromatic N) is 1. The topological polar surface area (TPSA) is 29.3 Å². The van der Waals surface area contributed by atoms with Gasteiger partial charge in [0.25, 0.3) is 0 Å². The molecule has 2 nitrogen and oxygen atoms in total. The van der Waals surface area contributed by atoms with Crippen LogP contribution in [0.1, 0.15) is 24.4 Å². The number of nitrogens with two attached hydrogens (primary N) is 1. The van der Waals surface area contributed by atoms with E-state index in [1.54, 1.807) is 6.07 Å². The lowest BCUT2D eigenvalue weighted by molar-refractivity contribution is 0.316. The molecular weight excluding hydrogens is 191 g/mol. The molecule has 1 aliphatic heterocycles. The van der Waals surface area contributed by atoms with E-state index in [4.69, 9.17) is 5.73 Å². The molecule has 1 atom stereocenters. The Labute approximate surface area is 89.9 Å². The molecule has 0 aromatic heterocycles. The summed E-state index contributed by atoms with van der Waals surface area (Å²) in [4.78, 5) is 2.34. The zero-order chi connectivity index (χ0) is 10.7. The second-order valence-electron chi connectivity index (χ2n) is 4.17. The summed E-state index contributed by atoms with van der Waals surface area (Å²) in [7, 11) is 0. The molecule has 2 N–H and O–H groups in total. The first-order chi connectivity index (χ1) is 7.25. The van der Waals surface area contributed by atoms with E-state index in [-0.39, 0.29) is 11.9 Å². The van der Waals surface area contributed by atoms with E-state index in [9.17, 15) is 4.39 Å². The van der Waals surface area contributed by atoms with Crippen LogP contribution in [-0.2, 0) is 0 Å². The van der Waals surface area contributed by atoms with Crippen LogP contribution in [0.2, 0.25) is 0 Å². The molecular formula is C12H17FN2. The Morgan fingerprint density at radius 1 is 1.33 bits per heavy atom. The predicted octanol–water partition coefficient (Wildman–Crippen LogP) is 1.92. The van der Waals surface area contributed by atoms with Crippen LogP contribution in [-0.4, -0.2) is 24.5 Å². The first-order valence-electron chi connectivity index (χ1n) is 5.49. The highest BCUT2D eigenvalue weighted by Gasteiger charge is 2.16. The normalized spacial score (nSPS) is 19.3. The van der Waals surface area contributed by atoms with Gasteiger partial charge in [0, 0.05) is 12.6 Å². The molecule has 2 rings (SSSR count). The number of likely N-dealkylation sites (tertiary alicyclic amines) is 1. The van der Waals surface area contributed by atoms with Crippen molar-refractivity contribution >= 4 is 0 Å². The van der Waals surface area contributed by atoms with E-state index in [1.165, 1.54) is 25.0 Å². The van der Waals surface area contributed by atoms with Gasteiger partial charge in [0.15, 0.2) is 0 Å². The third kappa shape index (κ3) is 2.76. The van der Waals surface area contributed by atoms with Crippen LogP contribution < -0.4 is 5.73 Å². The molecule has 0 bridgehead atoms. The van der Waals surface area contributed by atoms with Gasteiger partial charge in [0.05, 0.1) is 0 Å². The molecule has 1 aliphatic rings. The molecule has 1 saturated heterocycles. The van der Waals surface area contributed by atoms with E-state index >= 15 is 0 Å². The minimum atomic E-state index is -0.204. The number of halogens is 1. The number of hydrogen-bond acceptors (Lipinski definition) is 2. The van der Waals surface area contributed by atoms with Crippen LogP contribution in [0.3, 0.4) is 0 Å². The van der Waals surface area contributed by atoms with Gasteiger partial charge in [-0.2, -0.15) is 0 Å². The predicted molar refractivity (Wildman–Crippen MR) is 59.0 cm³/mol. The first-order valence-corrected chi connectivity index (χ1v) is 5.49. The fourth-order valence-corrected chi connectivity index (χ4v) is 2.09. The molecule has 3 heteroatoms. The monoisotopic (exact) mass is 208 g/mol. The van der Waals surface area contributed by atoms with Gasteiger partial charge in [0.2, 0.25) is 0 Å². The van der Waals surface area contributed by atoms with E-state index < -0.39 is 0 Å². The van der Waals surface area contributed by atoms with Crippen LogP contribution in [0.15, 0.2) is 24.3 Å². The summed E-state index contributed by atoms with van der Waals surface area (Å²) < 4.78 is 13.0. The Bertz CT molecular complexity index is 321. The SMILES string of the molecule is N[C@H](CN1CCCC1)c1cccc(F)c1. The maximum atomic E-state index is 13.0. The number of hydrogen-bond donors (Lipinski definition) is 1. The van der Waals surface area contributed by atoms with Gasteiger partial charge in [0.1, 0.15) is 5.82 Å². The standard InChI is InChI=1S/C12H17FN2/c13-11-5-3-4-10(8-11)12(14)9-15-6-1-2-7-15/h3-5,8,12H,1-2,6-7,9,14H2/t12-/m1/s1. The molecule has 1 aromatic rings. The van der Waals surface area contributed by atoms with Crippen LogP contribution in [0, 0.1) is 5.82 Å². The Morgan fingerprint density at radius 2 is 2.07 bits per heavy atom. The van der Waals surface area contributed by atoms with Gasteiger partial charge >= 0.3 is 0 Å². The molecule has 0 spiro atoms.